The van der Waals surface area contributed by atoms with Crippen molar-refractivity contribution in [2.45, 2.75) is 6.42 Å². The highest BCUT2D eigenvalue weighted by Crippen LogP contribution is 1.96. The Hall–Kier alpha value is -2.92. The van der Waals surface area contributed by atoms with E-state index >= 15 is 0 Å². The molecule has 0 aliphatic rings. The minimum absolute atomic E-state index is 0.149. The number of carbonyl (C=O) groups excluding carboxylic acids is 5. The quantitative estimate of drug-likeness (QED) is 0.457. The van der Waals surface area contributed by atoms with Gasteiger partial charge in [0.25, 0.3) is 0 Å². The minimum Gasteiger partial charge on any atom is -0.317 e. The number of urea groups is 1. The first-order valence-corrected chi connectivity index (χ1v) is 4.86. The van der Waals surface area contributed by atoms with Crippen LogP contribution < -0.4 is 5.32 Å². The summed E-state index contributed by atoms with van der Waals surface area (Å²) in [5.41, 5.74) is 0. The van der Waals surface area contributed by atoms with E-state index < -0.39 is 18.6 Å². The third-order valence-electron chi connectivity index (χ3n) is 1.70. The lowest BCUT2D eigenvalue weighted by molar-refractivity contribution is -0.127. The normalized spacial score (nSPS) is 8.21. The fraction of sp³-hybridized carbons (Fsp3) is 0.444. The van der Waals surface area contributed by atoms with E-state index in [0.717, 1.165) is 0 Å². The number of nitrogens with one attached hydrogen (secondary N) is 1. The second-order valence-corrected chi connectivity index (χ2v) is 2.83. The molecule has 0 bridgehead atoms. The molecule has 10 nitrogen and oxygen atoms in total. The molecule has 0 rings (SSSR count). The average molecular weight is 267 g/mol. The summed E-state index contributed by atoms with van der Waals surface area (Å²) in [6, 6.07) is -0.905. The van der Waals surface area contributed by atoms with E-state index in [-0.39, 0.29) is 19.6 Å². The van der Waals surface area contributed by atoms with Gasteiger partial charge in [0.05, 0.1) is 6.54 Å². The van der Waals surface area contributed by atoms with E-state index in [1.807, 2.05) is 0 Å². The molecule has 10 heteroatoms. The number of amides is 3. The largest absolute Gasteiger partial charge is 0.327 e. The van der Waals surface area contributed by atoms with Crippen LogP contribution in [0.25, 0.3) is 0 Å². The van der Waals surface area contributed by atoms with Crippen molar-refractivity contribution >= 4 is 30.2 Å². The van der Waals surface area contributed by atoms with Gasteiger partial charge in [-0.1, -0.05) is 0 Å². The summed E-state index contributed by atoms with van der Waals surface area (Å²) >= 11 is 0. The van der Waals surface area contributed by atoms with E-state index in [1.54, 1.807) is 0 Å². The number of nitrogens with zero attached hydrogens (tertiary/aromatic N) is 4. The van der Waals surface area contributed by atoms with E-state index in [4.69, 9.17) is 0 Å². The number of isocyanates is 3. The summed E-state index contributed by atoms with van der Waals surface area (Å²) in [7, 11) is 0. The maximum Gasteiger partial charge on any atom is 0.327 e. The van der Waals surface area contributed by atoms with Crippen LogP contribution in [-0.2, 0) is 19.2 Å². The number of carbonyl (C=O) groups is 2. The third kappa shape index (κ3) is 7.09. The van der Waals surface area contributed by atoms with E-state index in [1.165, 1.54) is 18.2 Å². The minimum atomic E-state index is -0.905. The molecule has 0 aromatic carbocycles. The Bertz CT molecular complexity index is 437. The van der Waals surface area contributed by atoms with Gasteiger partial charge >= 0.3 is 6.03 Å². The second kappa shape index (κ2) is 10.2. The molecule has 100 valence electrons. The smallest absolute Gasteiger partial charge is 0.317 e. The first-order chi connectivity index (χ1) is 9.17. The number of aliphatic imine (C=N–C) groups is 3. The lowest BCUT2D eigenvalue weighted by Crippen LogP contribution is -2.44. The number of rotatable bonds is 7. The summed E-state index contributed by atoms with van der Waals surface area (Å²) in [5.74, 6) is -0.717. The highest BCUT2D eigenvalue weighted by atomic mass is 16.2. The van der Waals surface area contributed by atoms with Crippen molar-refractivity contribution in [3.63, 3.8) is 0 Å². The molecule has 0 saturated carbocycles. The van der Waals surface area contributed by atoms with Gasteiger partial charge in [0, 0.05) is 6.42 Å². The monoisotopic (exact) mass is 267 g/mol. The van der Waals surface area contributed by atoms with Crippen molar-refractivity contribution in [1.29, 1.82) is 0 Å². The van der Waals surface area contributed by atoms with Crippen molar-refractivity contribution in [2.75, 3.05) is 19.9 Å². The number of hydrogen-bond acceptors (Lipinski definition) is 8. The lowest BCUT2D eigenvalue weighted by atomic mass is 10.4. The van der Waals surface area contributed by atoms with Gasteiger partial charge in [-0.25, -0.2) is 29.1 Å². The van der Waals surface area contributed by atoms with Gasteiger partial charge in [-0.2, -0.15) is 9.98 Å². The van der Waals surface area contributed by atoms with Crippen LogP contribution in [-0.4, -0.2) is 55.0 Å². The fourth-order valence-electron chi connectivity index (χ4n) is 0.923. The summed E-state index contributed by atoms with van der Waals surface area (Å²) in [4.78, 5) is 62.6. The topological polar surface area (TPSA) is 138 Å². The fourth-order valence-corrected chi connectivity index (χ4v) is 0.923. The van der Waals surface area contributed by atoms with Crippen LogP contribution in [0.1, 0.15) is 6.42 Å². The predicted octanol–water partition coefficient (Wildman–Crippen LogP) is -1.16. The van der Waals surface area contributed by atoms with Gasteiger partial charge in [0.2, 0.25) is 24.1 Å². The van der Waals surface area contributed by atoms with Crippen molar-refractivity contribution in [3.8, 4) is 0 Å². The molecule has 0 atom stereocenters. The van der Waals surface area contributed by atoms with Gasteiger partial charge in [0.15, 0.2) is 0 Å². The summed E-state index contributed by atoms with van der Waals surface area (Å²) in [6.45, 7) is -1.06. The van der Waals surface area contributed by atoms with Crippen LogP contribution >= 0.6 is 0 Å². The Morgan fingerprint density at radius 1 is 1.00 bits per heavy atom. The highest BCUT2D eigenvalue weighted by Gasteiger charge is 2.20. The van der Waals surface area contributed by atoms with Crippen LogP contribution in [0.5, 0.6) is 0 Å². The standard InChI is InChI=1S/C9H9N5O5/c15-5-10-2-1-8(18)14(4-12-7-17)9(19)13-3-11-6-16/h1-4H2,(H,13,19). The first kappa shape index (κ1) is 16.1. The molecule has 19 heavy (non-hydrogen) atoms. The molecule has 0 radical (unpaired) electrons. The lowest BCUT2D eigenvalue weighted by Gasteiger charge is -2.17. The highest BCUT2D eigenvalue weighted by molar-refractivity contribution is 5.94. The maximum absolute atomic E-state index is 11.6. The van der Waals surface area contributed by atoms with E-state index in [0.29, 0.717) is 4.90 Å². The van der Waals surface area contributed by atoms with Gasteiger partial charge in [-0.3, -0.25) is 4.79 Å². The van der Waals surface area contributed by atoms with Gasteiger partial charge < -0.3 is 5.32 Å². The van der Waals surface area contributed by atoms with Gasteiger partial charge in [-0.15, -0.1) is 0 Å². The summed E-state index contributed by atoms with van der Waals surface area (Å²) in [5, 5.41) is 2.10. The molecular formula is C9H9N5O5. The Morgan fingerprint density at radius 3 is 2.21 bits per heavy atom. The molecule has 0 aromatic heterocycles. The van der Waals surface area contributed by atoms with Gasteiger partial charge in [0.1, 0.15) is 13.3 Å². The van der Waals surface area contributed by atoms with Crippen LogP contribution in [0.3, 0.4) is 0 Å². The zero-order valence-corrected chi connectivity index (χ0v) is 9.66. The van der Waals surface area contributed by atoms with Crippen LogP contribution in [0.2, 0.25) is 0 Å². The van der Waals surface area contributed by atoms with Crippen LogP contribution in [0.4, 0.5) is 4.79 Å². The second-order valence-electron chi connectivity index (χ2n) is 2.83. The van der Waals surface area contributed by atoms with Crippen molar-refractivity contribution in [2.24, 2.45) is 15.0 Å². The molecule has 1 N–H and O–H groups in total. The molecule has 0 fully saturated rings. The predicted molar refractivity (Wildman–Crippen MR) is 59.0 cm³/mol. The zero-order valence-electron chi connectivity index (χ0n) is 9.66. The molecule has 0 saturated heterocycles. The Kier molecular flexibility index (Phi) is 8.67. The molecular weight excluding hydrogens is 258 g/mol. The Labute approximate surface area is 106 Å². The molecule has 0 aromatic rings. The SMILES string of the molecule is O=C=NCCC(=O)N(CN=C=O)C(=O)NCN=C=O. The molecule has 0 heterocycles. The molecule has 0 spiro atoms. The van der Waals surface area contributed by atoms with Crippen molar-refractivity contribution in [1.82, 2.24) is 10.2 Å². The van der Waals surface area contributed by atoms with Gasteiger partial charge in [-0.05, 0) is 0 Å². The molecule has 0 aliphatic heterocycles. The first-order valence-electron chi connectivity index (χ1n) is 4.86. The Morgan fingerprint density at radius 2 is 1.63 bits per heavy atom. The summed E-state index contributed by atoms with van der Waals surface area (Å²) < 4.78 is 0. The number of hydrogen-bond donors (Lipinski definition) is 1. The maximum atomic E-state index is 11.6. The molecule has 3 amide bonds. The average Bonchev–Trinajstić information content (AvgIpc) is 2.40. The van der Waals surface area contributed by atoms with Crippen LogP contribution in [0, 0.1) is 0 Å². The molecule has 0 unspecified atom stereocenters. The Balaban J connectivity index is 4.62. The number of imide groups is 1. The van der Waals surface area contributed by atoms with Crippen LogP contribution in [0.15, 0.2) is 15.0 Å². The van der Waals surface area contributed by atoms with Crippen molar-refractivity contribution < 1.29 is 24.0 Å². The zero-order chi connectivity index (χ0) is 14.5. The summed E-state index contributed by atoms with van der Waals surface area (Å²) in [6.07, 6.45) is 3.36. The molecule has 0 aliphatic carbocycles. The van der Waals surface area contributed by atoms with E-state index in [9.17, 15) is 24.0 Å². The third-order valence-corrected chi connectivity index (χ3v) is 1.70. The van der Waals surface area contributed by atoms with Crippen molar-refractivity contribution in [3.05, 3.63) is 0 Å². The van der Waals surface area contributed by atoms with E-state index in [2.05, 4.69) is 20.3 Å².